The number of carbonyl (C=O) groups excluding carboxylic acids is 1. The number of carboxylic acids is 1. The zero-order chi connectivity index (χ0) is 12.3. The summed E-state index contributed by atoms with van der Waals surface area (Å²) in [5.41, 5.74) is 1.02. The standard InChI is InChI=1S/C13H10O3S/c14-12(15)8-9-4-1-2-5-10(9)13(16)11-6-3-7-17-11/h1-7H,8H2,(H,14,15). The van der Waals surface area contributed by atoms with Crippen molar-refractivity contribution in [3.8, 4) is 0 Å². The zero-order valence-corrected chi connectivity index (χ0v) is 9.74. The topological polar surface area (TPSA) is 54.4 Å². The Bertz CT molecular complexity index is 544. The first-order valence-corrected chi connectivity index (χ1v) is 5.94. The SMILES string of the molecule is O=C(O)Cc1ccccc1C(=O)c1cccs1. The van der Waals surface area contributed by atoms with Crippen LogP contribution in [-0.4, -0.2) is 16.9 Å². The van der Waals surface area contributed by atoms with Gasteiger partial charge in [-0.1, -0.05) is 30.3 Å². The smallest absolute Gasteiger partial charge is 0.307 e. The highest BCUT2D eigenvalue weighted by molar-refractivity contribution is 7.12. The van der Waals surface area contributed by atoms with Gasteiger partial charge in [0.15, 0.2) is 0 Å². The molecule has 17 heavy (non-hydrogen) atoms. The second kappa shape index (κ2) is 4.93. The Kier molecular flexibility index (Phi) is 3.35. The molecule has 0 bridgehead atoms. The van der Waals surface area contributed by atoms with E-state index in [9.17, 15) is 9.59 Å². The number of hydrogen-bond donors (Lipinski definition) is 1. The van der Waals surface area contributed by atoms with Gasteiger partial charge in [0, 0.05) is 5.56 Å². The maximum atomic E-state index is 12.1. The Morgan fingerprint density at radius 1 is 1.12 bits per heavy atom. The average molecular weight is 246 g/mol. The van der Waals surface area contributed by atoms with Crippen LogP contribution in [0.3, 0.4) is 0 Å². The molecule has 0 atom stereocenters. The van der Waals surface area contributed by atoms with Crippen LogP contribution in [0.5, 0.6) is 0 Å². The highest BCUT2D eigenvalue weighted by atomic mass is 32.1. The summed E-state index contributed by atoms with van der Waals surface area (Å²) in [7, 11) is 0. The summed E-state index contributed by atoms with van der Waals surface area (Å²) in [6.07, 6.45) is -0.132. The van der Waals surface area contributed by atoms with Crippen molar-refractivity contribution in [1.29, 1.82) is 0 Å². The van der Waals surface area contributed by atoms with Crippen molar-refractivity contribution in [2.24, 2.45) is 0 Å². The van der Waals surface area contributed by atoms with E-state index >= 15 is 0 Å². The molecule has 0 unspecified atom stereocenters. The Morgan fingerprint density at radius 2 is 1.88 bits per heavy atom. The number of carbonyl (C=O) groups is 2. The lowest BCUT2D eigenvalue weighted by atomic mass is 10.0. The molecule has 0 aliphatic heterocycles. The van der Waals surface area contributed by atoms with Crippen molar-refractivity contribution in [2.75, 3.05) is 0 Å². The van der Waals surface area contributed by atoms with Crippen LogP contribution in [0.2, 0.25) is 0 Å². The molecule has 0 aliphatic rings. The third kappa shape index (κ3) is 2.60. The molecule has 0 amide bonds. The van der Waals surface area contributed by atoms with E-state index in [0.717, 1.165) is 0 Å². The quantitative estimate of drug-likeness (QED) is 0.844. The molecule has 3 nitrogen and oxygen atoms in total. The third-order valence-electron chi connectivity index (χ3n) is 2.35. The van der Waals surface area contributed by atoms with Crippen LogP contribution in [-0.2, 0) is 11.2 Å². The molecule has 1 heterocycles. The highest BCUT2D eigenvalue weighted by Crippen LogP contribution is 2.18. The van der Waals surface area contributed by atoms with Crippen molar-refractivity contribution >= 4 is 23.1 Å². The minimum absolute atomic E-state index is 0.114. The van der Waals surface area contributed by atoms with E-state index < -0.39 is 5.97 Å². The van der Waals surface area contributed by atoms with Gasteiger partial charge in [-0.3, -0.25) is 9.59 Å². The Balaban J connectivity index is 2.38. The minimum Gasteiger partial charge on any atom is -0.481 e. The highest BCUT2D eigenvalue weighted by Gasteiger charge is 2.15. The predicted octanol–water partition coefficient (Wildman–Crippen LogP) is 2.61. The summed E-state index contributed by atoms with van der Waals surface area (Å²) >= 11 is 1.36. The fourth-order valence-corrected chi connectivity index (χ4v) is 2.28. The van der Waals surface area contributed by atoms with E-state index in [1.54, 1.807) is 36.4 Å². The molecule has 1 N–H and O–H groups in total. The van der Waals surface area contributed by atoms with Crippen LogP contribution in [0.25, 0.3) is 0 Å². The monoisotopic (exact) mass is 246 g/mol. The van der Waals surface area contributed by atoms with Gasteiger partial charge in [0.1, 0.15) is 0 Å². The lowest BCUT2D eigenvalue weighted by Gasteiger charge is -2.04. The number of ketones is 1. The third-order valence-corrected chi connectivity index (χ3v) is 3.22. The molecule has 2 aromatic rings. The maximum absolute atomic E-state index is 12.1. The second-order valence-electron chi connectivity index (χ2n) is 3.53. The second-order valence-corrected chi connectivity index (χ2v) is 4.48. The lowest BCUT2D eigenvalue weighted by molar-refractivity contribution is -0.136. The molecule has 0 spiro atoms. The molecule has 0 aliphatic carbocycles. The van der Waals surface area contributed by atoms with Gasteiger partial charge in [-0.15, -0.1) is 11.3 Å². The number of hydrogen-bond acceptors (Lipinski definition) is 3. The van der Waals surface area contributed by atoms with E-state index in [2.05, 4.69) is 0 Å². The van der Waals surface area contributed by atoms with E-state index in [1.165, 1.54) is 11.3 Å². The summed E-state index contributed by atoms with van der Waals surface area (Å²) in [6, 6.07) is 10.4. The summed E-state index contributed by atoms with van der Waals surface area (Å²) in [6.45, 7) is 0. The average Bonchev–Trinajstić information content (AvgIpc) is 2.81. The molecular formula is C13H10O3S. The molecule has 1 aromatic carbocycles. The van der Waals surface area contributed by atoms with Crippen LogP contribution in [0.1, 0.15) is 20.8 Å². The number of carboxylic acid groups (broad SMARTS) is 1. The molecule has 4 heteroatoms. The lowest BCUT2D eigenvalue weighted by Crippen LogP contribution is -2.08. The Hall–Kier alpha value is -1.94. The van der Waals surface area contributed by atoms with Crippen molar-refractivity contribution in [2.45, 2.75) is 6.42 Å². The number of rotatable bonds is 4. The van der Waals surface area contributed by atoms with E-state index in [0.29, 0.717) is 16.0 Å². The van der Waals surface area contributed by atoms with Crippen molar-refractivity contribution < 1.29 is 14.7 Å². The van der Waals surface area contributed by atoms with Crippen LogP contribution in [0.15, 0.2) is 41.8 Å². The van der Waals surface area contributed by atoms with Crippen molar-refractivity contribution in [3.05, 3.63) is 57.8 Å². The number of benzene rings is 1. The summed E-state index contributed by atoms with van der Waals surface area (Å²) in [4.78, 5) is 23.5. The van der Waals surface area contributed by atoms with Gasteiger partial charge in [-0.25, -0.2) is 0 Å². The van der Waals surface area contributed by atoms with E-state index in [4.69, 9.17) is 5.11 Å². The molecule has 86 valence electrons. The van der Waals surface area contributed by atoms with Gasteiger partial charge in [-0.05, 0) is 17.0 Å². The largest absolute Gasteiger partial charge is 0.481 e. The summed E-state index contributed by atoms with van der Waals surface area (Å²) in [5.74, 6) is -1.05. The minimum atomic E-state index is -0.934. The molecule has 2 rings (SSSR count). The molecule has 0 fully saturated rings. The van der Waals surface area contributed by atoms with Crippen molar-refractivity contribution in [1.82, 2.24) is 0 Å². The van der Waals surface area contributed by atoms with E-state index in [1.807, 2.05) is 5.38 Å². The molecule has 0 radical (unpaired) electrons. The van der Waals surface area contributed by atoms with Gasteiger partial charge >= 0.3 is 5.97 Å². The predicted molar refractivity (Wildman–Crippen MR) is 65.5 cm³/mol. The molecular weight excluding hydrogens is 236 g/mol. The molecule has 0 saturated carbocycles. The first-order valence-electron chi connectivity index (χ1n) is 5.06. The number of thiophene rings is 1. The first-order chi connectivity index (χ1) is 8.18. The Labute approximate surface area is 102 Å². The van der Waals surface area contributed by atoms with Crippen LogP contribution in [0, 0.1) is 0 Å². The molecule has 0 saturated heterocycles. The van der Waals surface area contributed by atoms with Crippen LogP contribution >= 0.6 is 11.3 Å². The van der Waals surface area contributed by atoms with E-state index in [-0.39, 0.29) is 12.2 Å². The summed E-state index contributed by atoms with van der Waals surface area (Å²) < 4.78 is 0. The normalized spacial score (nSPS) is 10.1. The summed E-state index contributed by atoms with van der Waals surface area (Å²) in [5, 5.41) is 10.6. The zero-order valence-electron chi connectivity index (χ0n) is 8.92. The van der Waals surface area contributed by atoms with Gasteiger partial charge in [0.25, 0.3) is 0 Å². The fourth-order valence-electron chi connectivity index (χ4n) is 1.60. The van der Waals surface area contributed by atoms with Gasteiger partial charge < -0.3 is 5.11 Å². The van der Waals surface area contributed by atoms with Gasteiger partial charge in [0.05, 0.1) is 11.3 Å². The number of aliphatic carboxylic acids is 1. The maximum Gasteiger partial charge on any atom is 0.307 e. The van der Waals surface area contributed by atoms with Gasteiger partial charge in [0.2, 0.25) is 5.78 Å². The van der Waals surface area contributed by atoms with Crippen molar-refractivity contribution in [3.63, 3.8) is 0 Å². The van der Waals surface area contributed by atoms with Crippen LogP contribution < -0.4 is 0 Å². The van der Waals surface area contributed by atoms with Gasteiger partial charge in [-0.2, -0.15) is 0 Å². The van der Waals surface area contributed by atoms with Crippen LogP contribution in [0.4, 0.5) is 0 Å². The first kappa shape index (κ1) is 11.5. The Morgan fingerprint density at radius 3 is 2.53 bits per heavy atom. The molecule has 1 aromatic heterocycles. The fraction of sp³-hybridized carbons (Fsp3) is 0.0769.